The second kappa shape index (κ2) is 21.4. The molecule has 0 aromatic heterocycles. The molecular weight excluding hydrogens is 678 g/mol. The van der Waals surface area contributed by atoms with Gasteiger partial charge in [0.1, 0.15) is 12.1 Å². The summed E-state index contributed by atoms with van der Waals surface area (Å²) in [5.41, 5.74) is 1.84. The number of benzene rings is 1. The number of ether oxygens (including phenoxy) is 2. The van der Waals surface area contributed by atoms with Crippen molar-refractivity contribution in [2.75, 3.05) is 34.9 Å². The highest BCUT2D eigenvalue weighted by atomic mass is 16.5. The predicted octanol–water partition coefficient (Wildman–Crippen LogP) is 3.41. The number of carbonyl (C=O) groups is 5. The fourth-order valence-electron chi connectivity index (χ4n) is 7.51. The van der Waals surface area contributed by atoms with E-state index in [1.54, 1.807) is 30.8 Å². The van der Waals surface area contributed by atoms with E-state index < -0.39 is 60.2 Å². The van der Waals surface area contributed by atoms with E-state index in [4.69, 9.17) is 9.47 Å². The van der Waals surface area contributed by atoms with Gasteiger partial charge in [0.05, 0.1) is 42.7 Å². The van der Waals surface area contributed by atoms with Gasteiger partial charge in [-0.05, 0) is 50.1 Å². The minimum absolute atomic E-state index is 0.0117. The fourth-order valence-corrected chi connectivity index (χ4v) is 7.51. The molecule has 1 aromatic carbocycles. The van der Waals surface area contributed by atoms with Crippen LogP contribution in [-0.4, -0.2) is 122 Å². The maximum absolute atomic E-state index is 14.1. The first-order valence-corrected chi connectivity index (χ1v) is 19.1. The molecule has 0 spiro atoms. The second-order valence-electron chi connectivity index (χ2n) is 15.4. The van der Waals surface area contributed by atoms with Crippen LogP contribution < -0.4 is 16.0 Å². The van der Waals surface area contributed by atoms with Crippen LogP contribution >= 0.6 is 0 Å². The Morgan fingerprint density at radius 1 is 0.925 bits per heavy atom. The molecule has 13 nitrogen and oxygen atoms in total. The number of carbonyl (C=O) groups excluding carboxylic acids is 4. The summed E-state index contributed by atoms with van der Waals surface area (Å²) in [7, 11) is 6.46. The monoisotopic (exact) mass is 745 g/mol. The lowest BCUT2D eigenvalue weighted by atomic mass is 9.89. The Morgan fingerprint density at radius 2 is 1.53 bits per heavy atom. The van der Waals surface area contributed by atoms with Gasteiger partial charge < -0.3 is 40.3 Å². The van der Waals surface area contributed by atoms with Gasteiger partial charge >= 0.3 is 5.97 Å². The summed E-state index contributed by atoms with van der Waals surface area (Å²) >= 11 is 0. The molecule has 0 saturated carbocycles. The quantitative estimate of drug-likeness (QED) is 0.148. The lowest BCUT2D eigenvalue weighted by Crippen LogP contribution is -2.59. The van der Waals surface area contributed by atoms with E-state index in [2.05, 4.69) is 16.0 Å². The third-order valence-electron chi connectivity index (χ3n) is 10.9. The first-order chi connectivity index (χ1) is 24.9. The van der Waals surface area contributed by atoms with E-state index >= 15 is 0 Å². The van der Waals surface area contributed by atoms with Crippen molar-refractivity contribution in [1.29, 1.82) is 0 Å². The largest absolute Gasteiger partial charge is 0.480 e. The molecule has 0 aliphatic carbocycles. The molecule has 9 atom stereocenters. The van der Waals surface area contributed by atoms with Crippen molar-refractivity contribution in [3.05, 3.63) is 35.4 Å². The number of likely N-dealkylation sites (N-methyl/N-ethyl adjacent to an activating group) is 2. The molecule has 4 amide bonds. The van der Waals surface area contributed by atoms with Gasteiger partial charge in [-0.1, -0.05) is 84.7 Å². The first kappa shape index (κ1) is 45.6. The zero-order valence-electron chi connectivity index (χ0n) is 34.1. The van der Waals surface area contributed by atoms with Crippen molar-refractivity contribution in [3.63, 3.8) is 0 Å². The lowest BCUT2D eigenvalue weighted by Gasteiger charge is -2.41. The lowest BCUT2D eigenvalue weighted by molar-refractivity contribution is -0.148. The minimum Gasteiger partial charge on any atom is -0.480 e. The number of aryl methyl sites for hydroxylation is 1. The van der Waals surface area contributed by atoms with Crippen LogP contribution in [0.25, 0.3) is 0 Å². The molecule has 53 heavy (non-hydrogen) atoms. The van der Waals surface area contributed by atoms with Gasteiger partial charge in [-0.3, -0.25) is 19.2 Å². The highest BCUT2D eigenvalue weighted by Crippen LogP contribution is 2.30. The Morgan fingerprint density at radius 3 is 2.02 bits per heavy atom. The predicted molar refractivity (Wildman–Crippen MR) is 205 cm³/mol. The third-order valence-corrected chi connectivity index (χ3v) is 10.9. The van der Waals surface area contributed by atoms with Crippen molar-refractivity contribution >= 4 is 29.6 Å². The SMILES string of the molecule is CC[C@H](C)[C@H]([C@@H](CC(=O)N1CCCC1[C@H](OC)[C@@H](C)C(=O)NC(Cc1ccc(C)cc1)C(=O)O)OC)N(C)C(=O)C(NC(=O)C(NC)C(C)C)C(C)C. The third kappa shape index (κ3) is 12.2. The molecule has 1 fully saturated rings. The summed E-state index contributed by atoms with van der Waals surface area (Å²) < 4.78 is 11.9. The summed E-state index contributed by atoms with van der Waals surface area (Å²) in [5, 5.41) is 18.6. The van der Waals surface area contributed by atoms with Gasteiger partial charge in [0.15, 0.2) is 0 Å². The molecule has 1 aromatic rings. The van der Waals surface area contributed by atoms with Gasteiger partial charge in [0.25, 0.3) is 0 Å². The van der Waals surface area contributed by atoms with Gasteiger partial charge in [-0.2, -0.15) is 0 Å². The Labute approximate surface area is 317 Å². The number of rotatable bonds is 21. The standard InChI is InChI=1S/C40H67N5O8/c1-13-26(7)35(44(10)39(49)34(24(4)5)43-38(48)33(41-9)23(2)3)31(52-11)22-32(46)45-20-14-15-30(45)36(53-12)27(8)37(47)42-29(40(50)51)21-28-18-16-25(6)17-19-28/h16-19,23-24,26-27,29-31,33-36,41H,13-15,20-22H2,1-12H3,(H,42,47)(H,43,48)(H,50,51)/t26-,27+,29?,30?,31+,33?,34?,35+,36+/m0/s1. The number of hydrogen-bond donors (Lipinski definition) is 4. The van der Waals surface area contributed by atoms with Gasteiger partial charge in [0.2, 0.25) is 23.6 Å². The van der Waals surface area contributed by atoms with E-state index in [-0.39, 0.29) is 48.3 Å². The van der Waals surface area contributed by atoms with Crippen LogP contribution in [-0.2, 0) is 39.9 Å². The number of nitrogens with zero attached hydrogens (tertiary/aromatic N) is 2. The number of carboxylic acids is 1. The summed E-state index contributed by atoms with van der Waals surface area (Å²) in [4.78, 5) is 70.5. The van der Waals surface area contributed by atoms with Crippen LogP contribution in [0.4, 0.5) is 0 Å². The first-order valence-electron chi connectivity index (χ1n) is 19.1. The van der Waals surface area contributed by atoms with Crippen LogP contribution in [0.15, 0.2) is 24.3 Å². The van der Waals surface area contributed by atoms with Crippen LogP contribution in [0, 0.1) is 30.6 Å². The van der Waals surface area contributed by atoms with Crippen LogP contribution in [0.1, 0.15) is 85.3 Å². The molecule has 1 aliphatic heterocycles. The number of methoxy groups -OCH3 is 2. The molecule has 4 N–H and O–H groups in total. The summed E-state index contributed by atoms with van der Waals surface area (Å²) in [6.07, 6.45) is 0.812. The molecular formula is C40H67N5O8. The normalized spacial score (nSPS) is 19.1. The molecule has 1 saturated heterocycles. The van der Waals surface area contributed by atoms with Crippen molar-refractivity contribution in [1.82, 2.24) is 25.8 Å². The van der Waals surface area contributed by atoms with Crippen LogP contribution in [0.3, 0.4) is 0 Å². The van der Waals surface area contributed by atoms with Crippen molar-refractivity contribution < 1.29 is 38.6 Å². The summed E-state index contributed by atoms with van der Waals surface area (Å²) in [5.74, 6) is -3.27. The Balaban J connectivity index is 2.26. The number of aliphatic carboxylic acids is 1. The maximum atomic E-state index is 14.1. The number of likely N-dealkylation sites (tertiary alicyclic amines) is 1. The van der Waals surface area contributed by atoms with Gasteiger partial charge in [0, 0.05) is 34.2 Å². The van der Waals surface area contributed by atoms with Gasteiger partial charge in [-0.15, -0.1) is 0 Å². The van der Waals surface area contributed by atoms with E-state index in [1.807, 2.05) is 72.7 Å². The average Bonchev–Trinajstić information content (AvgIpc) is 3.60. The van der Waals surface area contributed by atoms with Crippen molar-refractivity contribution in [2.24, 2.45) is 23.7 Å². The van der Waals surface area contributed by atoms with Crippen LogP contribution in [0.2, 0.25) is 0 Å². The maximum Gasteiger partial charge on any atom is 0.326 e. The Hall–Kier alpha value is -3.55. The molecule has 0 bridgehead atoms. The zero-order valence-corrected chi connectivity index (χ0v) is 34.1. The molecule has 2 rings (SSSR count). The van der Waals surface area contributed by atoms with Crippen LogP contribution in [0.5, 0.6) is 0 Å². The van der Waals surface area contributed by atoms with Crippen molar-refractivity contribution in [2.45, 2.75) is 130 Å². The van der Waals surface area contributed by atoms with E-state index in [0.29, 0.717) is 19.4 Å². The molecule has 4 unspecified atom stereocenters. The Bertz CT molecular complexity index is 1350. The van der Waals surface area contributed by atoms with E-state index in [0.717, 1.165) is 17.5 Å². The van der Waals surface area contributed by atoms with E-state index in [9.17, 15) is 29.1 Å². The number of carboxylic acid groups (broad SMARTS) is 1. The molecule has 300 valence electrons. The fraction of sp³-hybridized carbons (Fsp3) is 0.725. The van der Waals surface area contributed by atoms with Gasteiger partial charge in [-0.25, -0.2) is 4.79 Å². The highest BCUT2D eigenvalue weighted by Gasteiger charge is 2.43. The summed E-state index contributed by atoms with van der Waals surface area (Å²) in [6.45, 7) is 15.8. The zero-order chi connectivity index (χ0) is 40.2. The molecule has 13 heteroatoms. The Kier molecular flexibility index (Phi) is 18.4. The number of hydrogen-bond acceptors (Lipinski definition) is 8. The average molecular weight is 746 g/mol. The number of amides is 4. The van der Waals surface area contributed by atoms with E-state index in [1.165, 1.54) is 14.2 Å². The highest BCUT2D eigenvalue weighted by molar-refractivity contribution is 5.90. The smallest absolute Gasteiger partial charge is 0.326 e. The van der Waals surface area contributed by atoms with Crippen molar-refractivity contribution in [3.8, 4) is 0 Å². The molecule has 1 aliphatic rings. The molecule has 0 radical (unpaired) electrons. The summed E-state index contributed by atoms with van der Waals surface area (Å²) in [6, 6.07) is 4.23. The minimum atomic E-state index is -1.14. The molecule has 1 heterocycles. The number of nitrogens with one attached hydrogen (secondary N) is 3. The second-order valence-corrected chi connectivity index (χ2v) is 15.4. The topological polar surface area (TPSA) is 167 Å².